The molecule has 1 aliphatic rings. The third-order valence-corrected chi connectivity index (χ3v) is 3.50. The van der Waals surface area contributed by atoms with E-state index in [9.17, 15) is 4.79 Å². The van der Waals surface area contributed by atoms with Crippen LogP contribution in [0.1, 0.15) is 26.7 Å². The average molecular weight is 239 g/mol. The third-order valence-electron chi connectivity index (χ3n) is 2.10. The molecule has 0 bridgehead atoms. The zero-order valence-corrected chi connectivity index (χ0v) is 10.3. The van der Waals surface area contributed by atoms with Gasteiger partial charge in [-0.3, -0.25) is 4.79 Å². The molecule has 1 saturated heterocycles. The number of carbonyl (C=O) groups excluding carboxylic acids is 1. The number of nitrogens with one attached hydrogen (secondary N) is 1. The van der Waals surface area contributed by atoms with Gasteiger partial charge in [0.05, 0.1) is 5.54 Å². The van der Waals surface area contributed by atoms with Gasteiger partial charge in [0.2, 0.25) is 5.91 Å². The lowest BCUT2D eigenvalue weighted by Crippen LogP contribution is -2.50. The first-order valence-electron chi connectivity index (χ1n) is 4.69. The van der Waals surface area contributed by atoms with Gasteiger partial charge in [-0.25, -0.2) is 0 Å². The molecule has 0 aromatic rings. The lowest BCUT2D eigenvalue weighted by atomic mass is 10.1. The number of amides is 1. The molecular formula is C9H19ClN2OS. The fourth-order valence-electron chi connectivity index (χ4n) is 1.24. The van der Waals surface area contributed by atoms with Gasteiger partial charge in [-0.1, -0.05) is 0 Å². The minimum absolute atomic E-state index is 0. The highest BCUT2D eigenvalue weighted by Gasteiger charge is 2.23. The van der Waals surface area contributed by atoms with Crippen LogP contribution in [0, 0.1) is 0 Å². The minimum Gasteiger partial charge on any atom is -0.353 e. The van der Waals surface area contributed by atoms with E-state index in [1.54, 1.807) is 13.8 Å². The molecule has 0 aromatic carbocycles. The Kier molecular flexibility index (Phi) is 5.86. The van der Waals surface area contributed by atoms with E-state index in [1.807, 2.05) is 11.8 Å². The minimum atomic E-state index is -0.747. The highest BCUT2D eigenvalue weighted by Crippen LogP contribution is 2.25. The van der Waals surface area contributed by atoms with Crippen molar-refractivity contribution in [2.75, 3.05) is 12.3 Å². The normalized spacial score (nSPS) is 21.5. The molecule has 1 amide bonds. The summed E-state index contributed by atoms with van der Waals surface area (Å²) in [7, 11) is 0. The standard InChI is InChI=1S/C9H18N2OS.ClH/c1-9(2,10)8(12)11-6-7-4-3-5-13-7;/h7H,3-6,10H2,1-2H3,(H,11,12);1H. The maximum Gasteiger partial charge on any atom is 0.239 e. The van der Waals surface area contributed by atoms with Crippen molar-refractivity contribution >= 4 is 30.1 Å². The summed E-state index contributed by atoms with van der Waals surface area (Å²) in [6.07, 6.45) is 2.49. The van der Waals surface area contributed by atoms with Crippen LogP contribution in [-0.2, 0) is 4.79 Å². The molecule has 3 N–H and O–H groups in total. The van der Waals surface area contributed by atoms with E-state index in [1.165, 1.54) is 18.6 Å². The van der Waals surface area contributed by atoms with Crippen LogP contribution in [0.15, 0.2) is 0 Å². The monoisotopic (exact) mass is 238 g/mol. The lowest BCUT2D eigenvalue weighted by molar-refractivity contribution is -0.125. The Labute approximate surface area is 96.0 Å². The van der Waals surface area contributed by atoms with E-state index in [2.05, 4.69) is 5.32 Å². The molecule has 0 radical (unpaired) electrons. The summed E-state index contributed by atoms with van der Waals surface area (Å²) >= 11 is 1.94. The van der Waals surface area contributed by atoms with Crippen molar-refractivity contribution in [3.05, 3.63) is 0 Å². The van der Waals surface area contributed by atoms with Gasteiger partial charge in [0, 0.05) is 11.8 Å². The third kappa shape index (κ3) is 4.53. The molecule has 0 aromatic heterocycles. The van der Waals surface area contributed by atoms with E-state index in [-0.39, 0.29) is 18.3 Å². The molecule has 1 aliphatic heterocycles. The topological polar surface area (TPSA) is 55.1 Å². The molecule has 84 valence electrons. The summed E-state index contributed by atoms with van der Waals surface area (Å²) in [5, 5.41) is 3.48. The second-order valence-corrected chi connectivity index (χ2v) is 5.47. The Bertz CT molecular complexity index is 188. The second kappa shape index (κ2) is 5.83. The van der Waals surface area contributed by atoms with Crippen LogP contribution >= 0.6 is 24.2 Å². The molecule has 5 heteroatoms. The Hall–Kier alpha value is 0.0700. The molecule has 3 nitrogen and oxygen atoms in total. The van der Waals surface area contributed by atoms with Gasteiger partial charge < -0.3 is 11.1 Å². The molecule has 1 fully saturated rings. The van der Waals surface area contributed by atoms with Gasteiger partial charge in [0.15, 0.2) is 0 Å². The second-order valence-electron chi connectivity index (χ2n) is 4.07. The maximum absolute atomic E-state index is 11.4. The van der Waals surface area contributed by atoms with Crippen LogP contribution in [0.4, 0.5) is 0 Å². The number of rotatable bonds is 3. The maximum atomic E-state index is 11.4. The van der Waals surface area contributed by atoms with Crippen molar-refractivity contribution in [3.8, 4) is 0 Å². The van der Waals surface area contributed by atoms with E-state index in [0.717, 1.165) is 6.54 Å². The first-order chi connectivity index (χ1) is 6.00. The van der Waals surface area contributed by atoms with Crippen LogP contribution in [0.3, 0.4) is 0 Å². The predicted molar refractivity (Wildman–Crippen MR) is 64.0 cm³/mol. The van der Waals surface area contributed by atoms with Gasteiger partial charge in [-0.2, -0.15) is 11.8 Å². The van der Waals surface area contributed by atoms with Crippen LogP contribution in [0.2, 0.25) is 0 Å². The van der Waals surface area contributed by atoms with Gasteiger partial charge >= 0.3 is 0 Å². The summed E-state index contributed by atoms with van der Waals surface area (Å²) in [4.78, 5) is 11.4. The number of hydrogen-bond acceptors (Lipinski definition) is 3. The lowest BCUT2D eigenvalue weighted by Gasteiger charge is -2.19. The SMILES string of the molecule is CC(C)(N)C(=O)NCC1CCCS1.Cl. The predicted octanol–water partition coefficient (Wildman–Crippen LogP) is 1.16. The van der Waals surface area contributed by atoms with Gasteiger partial charge in [0.1, 0.15) is 0 Å². The first-order valence-corrected chi connectivity index (χ1v) is 5.74. The van der Waals surface area contributed by atoms with E-state index >= 15 is 0 Å². The number of hydrogen-bond donors (Lipinski definition) is 2. The summed E-state index contributed by atoms with van der Waals surface area (Å²) < 4.78 is 0. The number of halogens is 1. The Balaban J connectivity index is 0.00000169. The fraction of sp³-hybridized carbons (Fsp3) is 0.889. The van der Waals surface area contributed by atoms with Gasteiger partial charge in [-0.05, 0) is 32.4 Å². The molecule has 0 spiro atoms. The molecule has 0 saturated carbocycles. The van der Waals surface area contributed by atoms with Crippen molar-refractivity contribution in [1.82, 2.24) is 5.32 Å². The first kappa shape index (κ1) is 14.1. The van der Waals surface area contributed by atoms with Crippen LogP contribution in [-0.4, -0.2) is 29.0 Å². The summed E-state index contributed by atoms with van der Waals surface area (Å²) in [5.41, 5.74) is 4.90. The zero-order chi connectivity index (χ0) is 9.90. The van der Waals surface area contributed by atoms with Crippen molar-refractivity contribution in [2.24, 2.45) is 5.73 Å². The summed E-state index contributed by atoms with van der Waals surface area (Å²) in [6.45, 7) is 4.22. The fourth-order valence-corrected chi connectivity index (χ4v) is 2.44. The van der Waals surface area contributed by atoms with Crippen LogP contribution in [0.25, 0.3) is 0 Å². The van der Waals surface area contributed by atoms with Crippen molar-refractivity contribution in [3.63, 3.8) is 0 Å². The zero-order valence-electron chi connectivity index (χ0n) is 8.71. The molecule has 1 rings (SSSR count). The largest absolute Gasteiger partial charge is 0.353 e. The number of carbonyl (C=O) groups is 1. The van der Waals surface area contributed by atoms with Crippen LogP contribution < -0.4 is 11.1 Å². The van der Waals surface area contributed by atoms with Gasteiger partial charge in [-0.15, -0.1) is 12.4 Å². The van der Waals surface area contributed by atoms with Gasteiger partial charge in [0.25, 0.3) is 0 Å². The highest BCUT2D eigenvalue weighted by molar-refractivity contribution is 8.00. The van der Waals surface area contributed by atoms with Crippen LogP contribution in [0.5, 0.6) is 0 Å². The smallest absolute Gasteiger partial charge is 0.239 e. The molecule has 0 aliphatic carbocycles. The van der Waals surface area contributed by atoms with E-state index < -0.39 is 5.54 Å². The Morgan fingerprint density at radius 1 is 1.64 bits per heavy atom. The molecule has 1 atom stereocenters. The molecular weight excluding hydrogens is 220 g/mol. The highest BCUT2D eigenvalue weighted by atomic mass is 35.5. The van der Waals surface area contributed by atoms with Crippen molar-refractivity contribution in [1.29, 1.82) is 0 Å². The quantitative estimate of drug-likeness (QED) is 0.776. The van der Waals surface area contributed by atoms with Crippen molar-refractivity contribution in [2.45, 2.75) is 37.5 Å². The Morgan fingerprint density at radius 2 is 2.29 bits per heavy atom. The molecule has 14 heavy (non-hydrogen) atoms. The van der Waals surface area contributed by atoms with E-state index in [0.29, 0.717) is 5.25 Å². The molecule has 1 unspecified atom stereocenters. The summed E-state index contributed by atoms with van der Waals surface area (Å²) in [6, 6.07) is 0. The van der Waals surface area contributed by atoms with E-state index in [4.69, 9.17) is 5.73 Å². The van der Waals surface area contributed by atoms with Crippen molar-refractivity contribution < 1.29 is 4.79 Å². The average Bonchev–Trinajstić information content (AvgIpc) is 2.50. The molecule has 1 heterocycles. The number of nitrogens with two attached hydrogens (primary N) is 1. The number of thioether (sulfide) groups is 1. The summed E-state index contributed by atoms with van der Waals surface area (Å²) in [5.74, 6) is 1.17. The Morgan fingerprint density at radius 3 is 2.71 bits per heavy atom.